The Morgan fingerprint density at radius 1 is 0.339 bits per heavy atom. The van der Waals surface area contributed by atoms with Gasteiger partial charge in [0, 0.05) is 61.9 Å². The van der Waals surface area contributed by atoms with Gasteiger partial charge >= 0.3 is 0 Å². The van der Waals surface area contributed by atoms with Crippen LogP contribution in [-0.2, 0) is 0 Å². The fourth-order valence-electron chi connectivity index (χ4n) is 9.56. The summed E-state index contributed by atoms with van der Waals surface area (Å²) in [6.07, 6.45) is 0. The molecular weight excluding hydrogens is 721 g/mol. The van der Waals surface area contributed by atoms with Crippen LogP contribution in [0.4, 0.5) is 0 Å². The van der Waals surface area contributed by atoms with Crippen LogP contribution in [0.25, 0.3) is 128 Å². The summed E-state index contributed by atoms with van der Waals surface area (Å²) in [5.74, 6) is 0. The topological polar surface area (TPSA) is 34.6 Å². The number of para-hydroxylation sites is 2. The lowest BCUT2D eigenvalue weighted by Crippen LogP contribution is -1.92. The van der Waals surface area contributed by atoms with E-state index < -0.39 is 0 Å². The minimum Gasteiger partial charge on any atom is -0.292 e. The molecule has 56 heavy (non-hydrogen) atoms. The zero-order valence-corrected chi connectivity index (χ0v) is 31.2. The van der Waals surface area contributed by atoms with Gasteiger partial charge in [-0.2, -0.15) is 0 Å². The molecule has 0 aliphatic heterocycles. The van der Waals surface area contributed by atoms with Crippen molar-refractivity contribution in [3.8, 4) is 11.1 Å². The third-order valence-corrected chi connectivity index (χ3v) is 14.4. The van der Waals surface area contributed by atoms with Crippen LogP contribution in [-0.4, -0.2) is 18.8 Å². The predicted octanol–water partition coefficient (Wildman–Crippen LogP) is 14.3. The summed E-state index contributed by atoms with van der Waals surface area (Å²) < 4.78 is 9.99. The first-order valence-electron chi connectivity index (χ1n) is 18.9. The van der Waals surface area contributed by atoms with Crippen molar-refractivity contribution in [1.29, 1.82) is 0 Å². The Morgan fingerprint density at radius 2 is 0.946 bits per heavy atom. The number of hydrogen-bond donors (Lipinski definition) is 0. The molecule has 6 heteroatoms. The van der Waals surface area contributed by atoms with Crippen LogP contribution in [0.1, 0.15) is 0 Å². The second kappa shape index (κ2) is 10.5. The lowest BCUT2D eigenvalue weighted by molar-refractivity contribution is 1.32. The maximum Gasteiger partial charge on any atom is 0.146 e. The summed E-state index contributed by atoms with van der Waals surface area (Å²) in [5, 5.41) is 12.5. The van der Waals surface area contributed by atoms with E-state index in [4.69, 9.17) is 9.97 Å². The number of thiophene rings is 2. The molecule has 0 aliphatic carbocycles. The third kappa shape index (κ3) is 3.72. The fraction of sp³-hybridized carbons (Fsp3) is 0. The van der Waals surface area contributed by atoms with Crippen molar-refractivity contribution in [1.82, 2.24) is 18.8 Å². The monoisotopic (exact) mass is 746 g/mol. The van der Waals surface area contributed by atoms with E-state index in [2.05, 4.69) is 167 Å². The number of rotatable bonds is 1. The molecule has 14 aromatic rings. The quantitative estimate of drug-likeness (QED) is 0.157. The highest BCUT2D eigenvalue weighted by Gasteiger charge is 2.20. The molecule has 0 aliphatic rings. The maximum atomic E-state index is 5.39. The van der Waals surface area contributed by atoms with Crippen molar-refractivity contribution >= 4 is 140 Å². The molecule has 0 N–H and O–H groups in total. The Bertz CT molecular complexity index is 4070. The van der Waals surface area contributed by atoms with E-state index in [-0.39, 0.29) is 0 Å². The second-order valence-electron chi connectivity index (χ2n) is 14.9. The van der Waals surface area contributed by atoms with Crippen molar-refractivity contribution < 1.29 is 0 Å². The Labute approximate surface area is 325 Å². The lowest BCUT2D eigenvalue weighted by Gasteiger charge is -2.12. The average Bonchev–Trinajstić information content (AvgIpc) is 4.02. The maximum absolute atomic E-state index is 5.39. The van der Waals surface area contributed by atoms with Crippen LogP contribution in [0.2, 0.25) is 0 Å². The van der Waals surface area contributed by atoms with Gasteiger partial charge in [0.05, 0.1) is 33.1 Å². The van der Waals surface area contributed by atoms with Crippen molar-refractivity contribution in [3.05, 3.63) is 158 Å². The summed E-state index contributed by atoms with van der Waals surface area (Å²) in [7, 11) is 0. The molecule has 0 saturated carbocycles. The van der Waals surface area contributed by atoms with Gasteiger partial charge in [0.15, 0.2) is 0 Å². The zero-order valence-electron chi connectivity index (χ0n) is 29.6. The van der Waals surface area contributed by atoms with Gasteiger partial charge in [0.25, 0.3) is 0 Å². The average molecular weight is 747 g/mol. The smallest absolute Gasteiger partial charge is 0.146 e. The number of pyridine rings is 2. The number of benzene rings is 8. The largest absolute Gasteiger partial charge is 0.292 e. The standard InChI is InChI=1S/C50H26N4S2/c1-2-12-33-31(11-1)47-42(22-20-32-29-9-3-8-16-45(29)56-48(32)47)53-41-21-18-28(24-39(41)52-49(33)53)27-17-19-34-35(23-27)36-25-37-30-10-4-7-15-44(30)55-46(37)26-43(36)54-40-14-6-5-13-38(40)51-50(34)54/h1-26H. The van der Waals surface area contributed by atoms with Crippen LogP contribution in [0.5, 0.6) is 0 Å². The molecule has 0 radical (unpaired) electrons. The molecule has 14 rings (SSSR count). The minimum absolute atomic E-state index is 0.989. The van der Waals surface area contributed by atoms with Crippen LogP contribution >= 0.6 is 22.7 Å². The van der Waals surface area contributed by atoms with Gasteiger partial charge in [0.1, 0.15) is 11.3 Å². The first kappa shape index (κ1) is 29.5. The Kier molecular flexibility index (Phi) is 5.51. The molecule has 0 saturated heterocycles. The zero-order chi connectivity index (χ0) is 36.2. The molecule has 4 nitrogen and oxygen atoms in total. The van der Waals surface area contributed by atoms with Crippen LogP contribution in [0.15, 0.2) is 158 Å². The molecule has 0 amide bonds. The molecule has 0 unspecified atom stereocenters. The molecule has 0 fully saturated rings. The first-order valence-corrected chi connectivity index (χ1v) is 20.5. The third-order valence-electron chi connectivity index (χ3n) is 12.0. The number of fused-ring (bicyclic) bond motifs is 23. The first-order chi connectivity index (χ1) is 27.7. The molecule has 6 aromatic heterocycles. The minimum atomic E-state index is 0.989. The van der Waals surface area contributed by atoms with E-state index in [1.54, 1.807) is 0 Å². The summed E-state index contributed by atoms with van der Waals surface area (Å²) in [4.78, 5) is 10.6. The molecule has 6 heterocycles. The number of hydrogen-bond acceptors (Lipinski definition) is 4. The van der Waals surface area contributed by atoms with Gasteiger partial charge in [-0.1, -0.05) is 91.0 Å². The summed E-state index contributed by atoms with van der Waals surface area (Å²) in [5.41, 5.74) is 10.9. The van der Waals surface area contributed by atoms with Gasteiger partial charge in [-0.05, 0) is 88.6 Å². The Morgan fingerprint density at radius 3 is 1.82 bits per heavy atom. The van der Waals surface area contributed by atoms with E-state index in [1.165, 1.54) is 78.3 Å². The second-order valence-corrected chi connectivity index (χ2v) is 17.1. The summed E-state index contributed by atoms with van der Waals surface area (Å²) >= 11 is 3.75. The van der Waals surface area contributed by atoms with Gasteiger partial charge < -0.3 is 0 Å². The predicted molar refractivity (Wildman–Crippen MR) is 240 cm³/mol. The molecule has 0 bridgehead atoms. The Balaban J connectivity index is 1.05. The van der Waals surface area contributed by atoms with Crippen molar-refractivity contribution in [2.75, 3.05) is 0 Å². The van der Waals surface area contributed by atoms with Crippen LogP contribution in [0.3, 0.4) is 0 Å². The SMILES string of the molecule is c1ccc2c(c1)nc1c3ccc(-c4ccc5c(c4)nc4c6ccccc6c6c7sc8ccccc8c7ccc6n54)cc3c3cc4c(cc3n21)sc1ccccc14. The summed E-state index contributed by atoms with van der Waals surface area (Å²) in [6.45, 7) is 0. The Hall–Kier alpha value is -6.86. The molecule has 8 aromatic carbocycles. The van der Waals surface area contributed by atoms with Gasteiger partial charge in [-0.15, -0.1) is 22.7 Å². The molecule has 258 valence electrons. The van der Waals surface area contributed by atoms with E-state index >= 15 is 0 Å². The highest BCUT2D eigenvalue weighted by Crippen LogP contribution is 2.44. The van der Waals surface area contributed by atoms with E-state index in [0.29, 0.717) is 0 Å². The van der Waals surface area contributed by atoms with E-state index in [9.17, 15) is 0 Å². The normalized spacial score (nSPS) is 12.6. The lowest BCUT2D eigenvalue weighted by atomic mass is 9.98. The van der Waals surface area contributed by atoms with Gasteiger partial charge in [-0.3, -0.25) is 8.80 Å². The van der Waals surface area contributed by atoms with Crippen molar-refractivity contribution in [2.24, 2.45) is 0 Å². The van der Waals surface area contributed by atoms with Gasteiger partial charge in [0.2, 0.25) is 0 Å². The molecule has 0 atom stereocenters. The molecule has 0 spiro atoms. The highest BCUT2D eigenvalue weighted by atomic mass is 32.1. The summed E-state index contributed by atoms with van der Waals surface area (Å²) in [6, 6.07) is 57.9. The van der Waals surface area contributed by atoms with Crippen LogP contribution in [0, 0.1) is 0 Å². The van der Waals surface area contributed by atoms with E-state index in [0.717, 1.165) is 49.9 Å². The fourth-order valence-corrected chi connectivity index (χ4v) is 11.9. The van der Waals surface area contributed by atoms with E-state index in [1.807, 2.05) is 22.7 Å². The molecular formula is C50H26N4S2. The number of aromatic nitrogens is 4. The van der Waals surface area contributed by atoms with Gasteiger partial charge in [-0.25, -0.2) is 9.97 Å². The van der Waals surface area contributed by atoms with Crippen molar-refractivity contribution in [3.63, 3.8) is 0 Å². The highest BCUT2D eigenvalue weighted by molar-refractivity contribution is 7.27. The number of nitrogens with zero attached hydrogens (tertiary/aromatic N) is 4. The number of imidazole rings is 2. The van der Waals surface area contributed by atoms with Crippen LogP contribution < -0.4 is 0 Å². The van der Waals surface area contributed by atoms with Crippen molar-refractivity contribution in [2.45, 2.75) is 0 Å².